The Morgan fingerprint density at radius 1 is 1.12 bits per heavy atom. The standard InChI is InChI=1S/C14H13Cl2N/c1-8-13(7-17-14(8)9-2-3-9)10-4-11(15)6-12(16)5-10/h4-7,9,17H,2-3H2,1H3. The van der Waals surface area contributed by atoms with Gasteiger partial charge in [0.15, 0.2) is 0 Å². The predicted molar refractivity (Wildman–Crippen MR) is 73.0 cm³/mol. The minimum Gasteiger partial charge on any atom is -0.364 e. The van der Waals surface area contributed by atoms with E-state index in [1.807, 2.05) is 12.1 Å². The van der Waals surface area contributed by atoms with Crippen molar-refractivity contribution in [3.63, 3.8) is 0 Å². The van der Waals surface area contributed by atoms with Crippen molar-refractivity contribution in [1.82, 2.24) is 4.98 Å². The van der Waals surface area contributed by atoms with E-state index in [0.717, 1.165) is 11.5 Å². The normalized spacial score (nSPS) is 15.2. The number of nitrogens with one attached hydrogen (secondary N) is 1. The fourth-order valence-electron chi connectivity index (χ4n) is 2.32. The quantitative estimate of drug-likeness (QED) is 0.771. The van der Waals surface area contributed by atoms with Crippen LogP contribution in [0.4, 0.5) is 0 Å². The highest BCUT2D eigenvalue weighted by Crippen LogP contribution is 2.43. The second kappa shape index (κ2) is 4.08. The molecule has 1 fully saturated rings. The van der Waals surface area contributed by atoms with E-state index in [-0.39, 0.29) is 0 Å². The highest BCUT2D eigenvalue weighted by atomic mass is 35.5. The Hall–Kier alpha value is -0.920. The van der Waals surface area contributed by atoms with Crippen molar-refractivity contribution in [2.24, 2.45) is 0 Å². The average Bonchev–Trinajstić information content (AvgIpc) is 3.01. The molecule has 1 aliphatic rings. The van der Waals surface area contributed by atoms with Gasteiger partial charge in [0.2, 0.25) is 0 Å². The molecule has 0 bridgehead atoms. The summed E-state index contributed by atoms with van der Waals surface area (Å²) in [5.74, 6) is 0.735. The van der Waals surface area contributed by atoms with Crippen LogP contribution >= 0.6 is 23.2 Å². The number of aromatic amines is 1. The van der Waals surface area contributed by atoms with Gasteiger partial charge in [-0.25, -0.2) is 0 Å². The van der Waals surface area contributed by atoms with Gasteiger partial charge in [-0.2, -0.15) is 0 Å². The van der Waals surface area contributed by atoms with Crippen LogP contribution in [0.15, 0.2) is 24.4 Å². The van der Waals surface area contributed by atoms with E-state index in [1.165, 1.54) is 29.7 Å². The van der Waals surface area contributed by atoms with Crippen LogP contribution in [0.3, 0.4) is 0 Å². The first kappa shape index (κ1) is 11.2. The van der Waals surface area contributed by atoms with E-state index in [4.69, 9.17) is 23.2 Å². The van der Waals surface area contributed by atoms with Gasteiger partial charge in [0, 0.05) is 27.5 Å². The third-order valence-electron chi connectivity index (χ3n) is 3.34. The molecule has 3 heteroatoms. The van der Waals surface area contributed by atoms with Gasteiger partial charge < -0.3 is 4.98 Å². The van der Waals surface area contributed by atoms with Gasteiger partial charge in [0.25, 0.3) is 0 Å². The molecule has 0 atom stereocenters. The molecule has 1 nitrogen and oxygen atoms in total. The number of hydrogen-bond acceptors (Lipinski definition) is 0. The van der Waals surface area contributed by atoms with Crippen molar-refractivity contribution in [3.05, 3.63) is 45.7 Å². The fraction of sp³-hybridized carbons (Fsp3) is 0.286. The number of hydrogen-bond donors (Lipinski definition) is 1. The summed E-state index contributed by atoms with van der Waals surface area (Å²) >= 11 is 12.1. The molecule has 2 aromatic rings. The largest absolute Gasteiger partial charge is 0.364 e. The zero-order valence-corrected chi connectivity index (χ0v) is 11.1. The number of halogens is 2. The summed E-state index contributed by atoms with van der Waals surface area (Å²) in [6.45, 7) is 2.16. The lowest BCUT2D eigenvalue weighted by atomic mass is 10.0. The molecule has 0 spiro atoms. The summed E-state index contributed by atoms with van der Waals surface area (Å²) in [6, 6.07) is 5.68. The minimum absolute atomic E-state index is 0.682. The van der Waals surface area contributed by atoms with E-state index >= 15 is 0 Å². The molecule has 1 heterocycles. The Morgan fingerprint density at radius 2 is 1.76 bits per heavy atom. The maximum absolute atomic E-state index is 6.04. The van der Waals surface area contributed by atoms with Crippen molar-refractivity contribution >= 4 is 23.2 Å². The molecule has 0 amide bonds. The molecule has 1 saturated carbocycles. The molecule has 0 radical (unpaired) electrons. The number of aromatic nitrogens is 1. The van der Waals surface area contributed by atoms with Gasteiger partial charge in [-0.15, -0.1) is 0 Å². The van der Waals surface area contributed by atoms with Gasteiger partial charge in [-0.1, -0.05) is 23.2 Å². The number of H-pyrrole nitrogens is 1. The topological polar surface area (TPSA) is 15.8 Å². The van der Waals surface area contributed by atoms with Crippen LogP contribution < -0.4 is 0 Å². The minimum atomic E-state index is 0.682. The smallest absolute Gasteiger partial charge is 0.0426 e. The third kappa shape index (κ3) is 2.10. The van der Waals surface area contributed by atoms with Gasteiger partial charge in [0.05, 0.1) is 0 Å². The molecule has 0 aliphatic heterocycles. The van der Waals surface area contributed by atoms with Gasteiger partial charge >= 0.3 is 0 Å². The Balaban J connectivity index is 2.08. The Labute approximate surface area is 111 Å². The van der Waals surface area contributed by atoms with Crippen LogP contribution in [0.25, 0.3) is 11.1 Å². The summed E-state index contributed by atoms with van der Waals surface area (Å²) in [6.07, 6.45) is 4.67. The maximum atomic E-state index is 6.04. The predicted octanol–water partition coefficient (Wildman–Crippen LogP) is 5.17. The van der Waals surface area contributed by atoms with Crippen LogP contribution in [0.5, 0.6) is 0 Å². The SMILES string of the molecule is Cc1c(-c2cc(Cl)cc(Cl)c2)c[nH]c1C1CC1. The summed E-state index contributed by atoms with van der Waals surface area (Å²) in [4.78, 5) is 3.39. The zero-order chi connectivity index (χ0) is 12.0. The lowest BCUT2D eigenvalue weighted by molar-refractivity contribution is 1.03. The second-order valence-electron chi connectivity index (χ2n) is 4.67. The van der Waals surface area contributed by atoms with Gasteiger partial charge in [-0.05, 0) is 55.0 Å². The van der Waals surface area contributed by atoms with Crippen molar-refractivity contribution in [3.8, 4) is 11.1 Å². The van der Waals surface area contributed by atoms with Gasteiger partial charge in [0.1, 0.15) is 0 Å². The van der Waals surface area contributed by atoms with Crippen molar-refractivity contribution in [2.45, 2.75) is 25.7 Å². The van der Waals surface area contributed by atoms with E-state index < -0.39 is 0 Å². The molecule has 1 aromatic heterocycles. The van der Waals surface area contributed by atoms with E-state index in [2.05, 4.69) is 18.1 Å². The monoisotopic (exact) mass is 265 g/mol. The van der Waals surface area contributed by atoms with Crippen molar-refractivity contribution in [2.75, 3.05) is 0 Å². The maximum Gasteiger partial charge on any atom is 0.0426 e. The molecule has 0 saturated heterocycles. The second-order valence-corrected chi connectivity index (χ2v) is 5.55. The van der Waals surface area contributed by atoms with Crippen LogP contribution in [0, 0.1) is 6.92 Å². The first-order chi connectivity index (χ1) is 8.15. The number of benzene rings is 1. The average molecular weight is 266 g/mol. The molecule has 88 valence electrons. The Morgan fingerprint density at radius 3 is 2.35 bits per heavy atom. The molecule has 1 aliphatic carbocycles. The molecule has 3 rings (SSSR count). The van der Waals surface area contributed by atoms with Gasteiger partial charge in [-0.3, -0.25) is 0 Å². The highest BCUT2D eigenvalue weighted by molar-refractivity contribution is 6.35. The molecular weight excluding hydrogens is 253 g/mol. The summed E-state index contributed by atoms with van der Waals surface area (Å²) < 4.78 is 0. The first-order valence-electron chi connectivity index (χ1n) is 5.79. The van der Waals surface area contributed by atoms with Crippen LogP contribution in [0.1, 0.15) is 30.0 Å². The molecular formula is C14H13Cl2N. The van der Waals surface area contributed by atoms with Crippen molar-refractivity contribution in [1.29, 1.82) is 0 Å². The lowest BCUT2D eigenvalue weighted by Crippen LogP contribution is -1.83. The van der Waals surface area contributed by atoms with E-state index in [1.54, 1.807) is 6.07 Å². The molecule has 17 heavy (non-hydrogen) atoms. The lowest BCUT2D eigenvalue weighted by Gasteiger charge is -2.03. The van der Waals surface area contributed by atoms with Crippen LogP contribution in [-0.4, -0.2) is 4.98 Å². The van der Waals surface area contributed by atoms with Crippen LogP contribution in [0.2, 0.25) is 10.0 Å². The molecule has 1 N–H and O–H groups in total. The summed E-state index contributed by atoms with van der Waals surface area (Å²) in [7, 11) is 0. The van der Waals surface area contributed by atoms with E-state index in [9.17, 15) is 0 Å². The molecule has 0 unspecified atom stereocenters. The molecule has 1 aromatic carbocycles. The fourth-order valence-corrected chi connectivity index (χ4v) is 2.84. The number of rotatable bonds is 2. The highest BCUT2D eigenvalue weighted by Gasteiger charge is 2.27. The Kier molecular flexibility index (Phi) is 2.68. The zero-order valence-electron chi connectivity index (χ0n) is 9.56. The van der Waals surface area contributed by atoms with Crippen molar-refractivity contribution < 1.29 is 0 Å². The Bertz CT molecular complexity index is 547. The summed E-state index contributed by atoms with van der Waals surface area (Å²) in [5.41, 5.74) is 4.99. The van der Waals surface area contributed by atoms with Crippen LogP contribution in [-0.2, 0) is 0 Å². The van der Waals surface area contributed by atoms with E-state index in [0.29, 0.717) is 10.0 Å². The summed E-state index contributed by atoms with van der Waals surface area (Å²) in [5, 5.41) is 1.36. The third-order valence-corrected chi connectivity index (χ3v) is 3.78. The first-order valence-corrected chi connectivity index (χ1v) is 6.55.